The first-order chi connectivity index (χ1) is 13.6. The van der Waals surface area contributed by atoms with Gasteiger partial charge in [-0.3, -0.25) is 14.6 Å². The maximum Gasteiger partial charge on any atom is 0.237 e. The molecule has 1 saturated carbocycles. The predicted octanol–water partition coefficient (Wildman–Crippen LogP) is 2.82. The fourth-order valence-electron chi connectivity index (χ4n) is 4.91. The highest BCUT2D eigenvalue weighted by molar-refractivity contribution is 5.81. The van der Waals surface area contributed by atoms with E-state index in [4.69, 9.17) is 4.74 Å². The first-order valence-corrected chi connectivity index (χ1v) is 11.1. The van der Waals surface area contributed by atoms with E-state index in [0.29, 0.717) is 12.0 Å². The van der Waals surface area contributed by atoms with Gasteiger partial charge in [0.25, 0.3) is 0 Å². The Morgan fingerprint density at radius 3 is 2.79 bits per heavy atom. The lowest BCUT2D eigenvalue weighted by Crippen LogP contribution is -2.55. The largest absolute Gasteiger partial charge is 0.493 e. The molecule has 28 heavy (non-hydrogen) atoms. The summed E-state index contributed by atoms with van der Waals surface area (Å²) in [5, 5.41) is 3.33. The van der Waals surface area contributed by atoms with E-state index in [1.165, 1.54) is 30.4 Å². The van der Waals surface area contributed by atoms with Crippen LogP contribution in [-0.2, 0) is 17.8 Å². The highest BCUT2D eigenvalue weighted by Gasteiger charge is 2.29. The van der Waals surface area contributed by atoms with E-state index in [9.17, 15) is 4.79 Å². The molecule has 0 spiro atoms. The van der Waals surface area contributed by atoms with Crippen LogP contribution in [0.25, 0.3) is 0 Å². The Balaban J connectivity index is 1.24. The fourth-order valence-corrected chi connectivity index (χ4v) is 4.91. The van der Waals surface area contributed by atoms with Gasteiger partial charge in [0.05, 0.1) is 12.6 Å². The minimum absolute atomic E-state index is 0.0339. The first kappa shape index (κ1) is 19.7. The van der Waals surface area contributed by atoms with Crippen molar-refractivity contribution in [1.82, 2.24) is 15.1 Å². The number of hydrogen-bond donors (Lipinski definition) is 1. The van der Waals surface area contributed by atoms with Crippen LogP contribution < -0.4 is 10.1 Å². The van der Waals surface area contributed by atoms with E-state index in [1.54, 1.807) is 0 Å². The summed E-state index contributed by atoms with van der Waals surface area (Å²) >= 11 is 0. The molecule has 0 bridgehead atoms. The van der Waals surface area contributed by atoms with E-state index in [1.807, 2.05) is 0 Å². The second kappa shape index (κ2) is 8.83. The van der Waals surface area contributed by atoms with Gasteiger partial charge in [0, 0.05) is 45.2 Å². The van der Waals surface area contributed by atoms with Crippen LogP contribution in [0.2, 0.25) is 0 Å². The highest BCUT2D eigenvalue weighted by atomic mass is 16.5. The maximum absolute atomic E-state index is 12.8. The number of rotatable bonds is 5. The zero-order valence-electron chi connectivity index (χ0n) is 17.5. The number of hydrogen-bond acceptors (Lipinski definition) is 4. The van der Waals surface area contributed by atoms with Crippen molar-refractivity contribution in [2.75, 3.05) is 32.8 Å². The molecular weight excluding hydrogens is 350 g/mol. The molecule has 4 rings (SSSR count). The second-order valence-electron chi connectivity index (χ2n) is 8.91. The van der Waals surface area contributed by atoms with Crippen molar-refractivity contribution < 1.29 is 9.53 Å². The van der Waals surface area contributed by atoms with Crippen molar-refractivity contribution in [3.8, 4) is 5.75 Å². The Kier molecular flexibility index (Phi) is 6.22. The van der Waals surface area contributed by atoms with Gasteiger partial charge in [-0.1, -0.05) is 31.9 Å². The number of carbonyl (C=O) groups excluding carboxylic acids is 1. The molecule has 2 fully saturated rings. The maximum atomic E-state index is 12.8. The van der Waals surface area contributed by atoms with Crippen LogP contribution in [0.4, 0.5) is 0 Å². The fraction of sp³-hybridized carbons (Fsp3) is 0.696. The van der Waals surface area contributed by atoms with Gasteiger partial charge >= 0.3 is 0 Å². The SMILES string of the molecule is C[C@H](C(=O)N[C@H]1CCCC[C@@H]1C)N1CCN(Cc2ccc3c(c2)CCO3)CC1. The van der Waals surface area contributed by atoms with Crippen molar-refractivity contribution in [2.24, 2.45) is 5.92 Å². The Hall–Kier alpha value is -1.59. The number of fused-ring (bicyclic) bond motifs is 1. The van der Waals surface area contributed by atoms with Gasteiger partial charge in [-0.2, -0.15) is 0 Å². The molecule has 1 aromatic carbocycles. The summed E-state index contributed by atoms with van der Waals surface area (Å²) in [5.41, 5.74) is 2.72. The zero-order valence-corrected chi connectivity index (χ0v) is 17.5. The minimum Gasteiger partial charge on any atom is -0.493 e. The standard InChI is InChI=1S/C23H35N3O2/c1-17-5-3-4-6-21(17)24-23(27)18(2)26-12-10-25(11-13-26)16-19-7-8-22-20(15-19)9-14-28-22/h7-8,15,17-18,21H,3-6,9-14,16H2,1-2H3,(H,24,27)/t17-,18+,21-/m0/s1. The van der Waals surface area contributed by atoms with Crippen molar-refractivity contribution in [1.29, 1.82) is 0 Å². The quantitative estimate of drug-likeness (QED) is 0.847. The zero-order chi connectivity index (χ0) is 19.5. The lowest BCUT2D eigenvalue weighted by atomic mass is 9.86. The number of piperazine rings is 1. The van der Waals surface area contributed by atoms with E-state index in [0.717, 1.165) is 57.9 Å². The van der Waals surface area contributed by atoms with Crippen LogP contribution in [0.5, 0.6) is 5.75 Å². The molecule has 3 aliphatic rings. The molecular formula is C23H35N3O2. The van der Waals surface area contributed by atoms with Crippen LogP contribution >= 0.6 is 0 Å². The van der Waals surface area contributed by atoms with Gasteiger partial charge in [0.15, 0.2) is 0 Å². The summed E-state index contributed by atoms with van der Waals surface area (Å²) < 4.78 is 5.61. The van der Waals surface area contributed by atoms with Gasteiger partial charge in [0.2, 0.25) is 5.91 Å². The number of nitrogens with one attached hydrogen (secondary N) is 1. The number of nitrogens with zero attached hydrogens (tertiary/aromatic N) is 2. The monoisotopic (exact) mass is 385 g/mol. The van der Waals surface area contributed by atoms with Crippen molar-refractivity contribution in [2.45, 2.75) is 64.6 Å². The minimum atomic E-state index is -0.0339. The average Bonchev–Trinajstić information content (AvgIpc) is 3.17. The molecule has 0 unspecified atom stereocenters. The number of ether oxygens (including phenoxy) is 1. The van der Waals surface area contributed by atoms with E-state index >= 15 is 0 Å². The molecule has 2 heterocycles. The molecule has 1 saturated heterocycles. The van der Waals surface area contributed by atoms with Gasteiger partial charge < -0.3 is 10.1 Å². The van der Waals surface area contributed by atoms with Crippen LogP contribution in [0.15, 0.2) is 18.2 Å². The van der Waals surface area contributed by atoms with Crippen LogP contribution in [0.1, 0.15) is 50.7 Å². The van der Waals surface area contributed by atoms with Gasteiger partial charge in [-0.25, -0.2) is 0 Å². The molecule has 2 aliphatic heterocycles. The van der Waals surface area contributed by atoms with Gasteiger partial charge in [-0.05, 0) is 42.9 Å². The molecule has 1 N–H and O–H groups in total. The Bertz CT molecular complexity index is 684. The Morgan fingerprint density at radius 1 is 1.21 bits per heavy atom. The topological polar surface area (TPSA) is 44.8 Å². The second-order valence-corrected chi connectivity index (χ2v) is 8.91. The van der Waals surface area contributed by atoms with E-state index in [2.05, 4.69) is 47.2 Å². The summed E-state index contributed by atoms with van der Waals surface area (Å²) in [5.74, 6) is 1.88. The third-order valence-electron chi connectivity index (χ3n) is 6.93. The van der Waals surface area contributed by atoms with Crippen LogP contribution in [0, 0.1) is 5.92 Å². The third-order valence-corrected chi connectivity index (χ3v) is 6.93. The average molecular weight is 386 g/mol. The molecule has 1 aliphatic carbocycles. The van der Waals surface area contributed by atoms with Gasteiger partial charge in [-0.15, -0.1) is 0 Å². The highest BCUT2D eigenvalue weighted by Crippen LogP contribution is 2.27. The summed E-state index contributed by atoms with van der Waals surface area (Å²) in [7, 11) is 0. The summed E-state index contributed by atoms with van der Waals surface area (Å²) in [4.78, 5) is 17.6. The van der Waals surface area contributed by atoms with E-state index < -0.39 is 0 Å². The lowest BCUT2D eigenvalue weighted by Gasteiger charge is -2.38. The number of carbonyl (C=O) groups is 1. The van der Waals surface area contributed by atoms with Crippen molar-refractivity contribution >= 4 is 5.91 Å². The van der Waals surface area contributed by atoms with Crippen LogP contribution in [0.3, 0.4) is 0 Å². The molecule has 1 amide bonds. The van der Waals surface area contributed by atoms with Crippen LogP contribution in [-0.4, -0.2) is 60.6 Å². The van der Waals surface area contributed by atoms with Gasteiger partial charge in [0.1, 0.15) is 5.75 Å². The van der Waals surface area contributed by atoms with E-state index in [-0.39, 0.29) is 11.9 Å². The predicted molar refractivity (Wildman–Crippen MR) is 112 cm³/mol. The molecule has 1 aromatic rings. The smallest absolute Gasteiger partial charge is 0.237 e. The molecule has 154 valence electrons. The Labute approximate surface area is 169 Å². The summed E-state index contributed by atoms with van der Waals surface area (Å²) in [6.45, 7) is 10.1. The number of benzene rings is 1. The molecule has 5 nitrogen and oxygen atoms in total. The first-order valence-electron chi connectivity index (χ1n) is 11.1. The third kappa shape index (κ3) is 4.52. The summed E-state index contributed by atoms with van der Waals surface area (Å²) in [6.07, 6.45) is 5.97. The Morgan fingerprint density at radius 2 is 2.00 bits per heavy atom. The van der Waals surface area contributed by atoms with Crippen molar-refractivity contribution in [3.63, 3.8) is 0 Å². The normalized spacial score (nSPS) is 27.1. The molecule has 0 radical (unpaired) electrons. The molecule has 3 atom stereocenters. The number of amides is 1. The summed E-state index contributed by atoms with van der Waals surface area (Å²) in [6, 6.07) is 6.95. The lowest BCUT2D eigenvalue weighted by molar-refractivity contribution is -0.127. The molecule has 0 aromatic heterocycles. The molecule has 5 heteroatoms. The van der Waals surface area contributed by atoms with Crippen molar-refractivity contribution in [3.05, 3.63) is 29.3 Å².